The summed E-state index contributed by atoms with van der Waals surface area (Å²) < 4.78 is 6.77. The normalized spacial score (nSPS) is 17.6. The Morgan fingerprint density at radius 1 is 1.11 bits per heavy atom. The summed E-state index contributed by atoms with van der Waals surface area (Å²) in [6, 6.07) is 17.9. The van der Waals surface area contributed by atoms with Crippen LogP contribution < -0.4 is 10.5 Å². The van der Waals surface area contributed by atoms with Crippen LogP contribution in [0.15, 0.2) is 60.8 Å². The van der Waals surface area contributed by atoms with E-state index in [9.17, 15) is 4.79 Å². The van der Waals surface area contributed by atoms with Crippen molar-refractivity contribution >= 4 is 44.7 Å². The number of thiophene rings is 1. The highest BCUT2D eigenvalue weighted by molar-refractivity contribution is 7.21. The number of nitrogen functional groups attached to an aromatic ring is 1. The number of ether oxygens (including phenoxy) is 1. The number of anilines is 1. The first-order chi connectivity index (χ1) is 18.0. The number of nitrogens with zero attached hydrogens (tertiary/aromatic N) is 2. The Labute approximate surface area is 227 Å². The first-order valence-electron chi connectivity index (χ1n) is 12.8. The van der Waals surface area contributed by atoms with Gasteiger partial charge in [0.15, 0.2) is 0 Å². The SMILES string of the molecule is CCC1CCC(N(Cc2cc(-c3ccc(N)nc3)ccc2OC)C(=O)c2sc3ccccc3c2Cl)CC1. The summed E-state index contributed by atoms with van der Waals surface area (Å²) in [6.45, 7) is 2.71. The molecule has 1 aliphatic rings. The number of rotatable bonds is 7. The number of methoxy groups -OCH3 is 1. The van der Waals surface area contributed by atoms with Gasteiger partial charge in [-0.25, -0.2) is 4.98 Å². The van der Waals surface area contributed by atoms with Gasteiger partial charge >= 0.3 is 0 Å². The highest BCUT2D eigenvalue weighted by Gasteiger charge is 2.32. The molecule has 0 radical (unpaired) electrons. The van der Waals surface area contributed by atoms with Crippen LogP contribution >= 0.6 is 22.9 Å². The molecule has 5 rings (SSSR count). The van der Waals surface area contributed by atoms with Gasteiger partial charge in [0.05, 0.1) is 12.1 Å². The van der Waals surface area contributed by atoms with Crippen molar-refractivity contribution in [1.29, 1.82) is 0 Å². The van der Waals surface area contributed by atoms with Crippen molar-refractivity contribution in [3.8, 4) is 16.9 Å². The van der Waals surface area contributed by atoms with Gasteiger partial charge in [-0.2, -0.15) is 0 Å². The minimum atomic E-state index is -0.00671. The molecule has 192 valence electrons. The maximum Gasteiger partial charge on any atom is 0.266 e. The van der Waals surface area contributed by atoms with Crippen molar-refractivity contribution in [1.82, 2.24) is 9.88 Å². The molecular formula is C30H32ClN3O2S. The van der Waals surface area contributed by atoms with Crippen molar-refractivity contribution in [3.63, 3.8) is 0 Å². The van der Waals surface area contributed by atoms with Crippen LogP contribution in [0.4, 0.5) is 5.82 Å². The minimum Gasteiger partial charge on any atom is -0.496 e. The molecule has 5 nitrogen and oxygen atoms in total. The molecule has 2 N–H and O–H groups in total. The Kier molecular flexibility index (Phi) is 7.68. The number of pyridine rings is 1. The van der Waals surface area contributed by atoms with Gasteiger partial charge < -0.3 is 15.4 Å². The molecule has 2 heterocycles. The Morgan fingerprint density at radius 2 is 1.86 bits per heavy atom. The average Bonchev–Trinajstić information content (AvgIpc) is 3.28. The number of fused-ring (bicyclic) bond motifs is 1. The predicted octanol–water partition coefficient (Wildman–Crippen LogP) is 7.82. The van der Waals surface area contributed by atoms with E-state index < -0.39 is 0 Å². The second-order valence-electron chi connectivity index (χ2n) is 9.76. The maximum absolute atomic E-state index is 14.2. The van der Waals surface area contributed by atoms with Gasteiger partial charge in [0, 0.05) is 40.0 Å². The van der Waals surface area contributed by atoms with E-state index in [1.807, 2.05) is 47.4 Å². The number of carbonyl (C=O) groups excluding carboxylic acids is 1. The van der Waals surface area contributed by atoms with E-state index in [0.717, 1.165) is 64.1 Å². The third-order valence-electron chi connectivity index (χ3n) is 7.57. The van der Waals surface area contributed by atoms with Crippen LogP contribution in [-0.4, -0.2) is 28.9 Å². The number of carbonyl (C=O) groups is 1. The van der Waals surface area contributed by atoms with Crippen LogP contribution in [0.1, 0.15) is 54.3 Å². The van der Waals surface area contributed by atoms with Crippen molar-refractivity contribution < 1.29 is 9.53 Å². The zero-order chi connectivity index (χ0) is 25.9. The lowest BCUT2D eigenvalue weighted by Crippen LogP contribution is -2.41. The second kappa shape index (κ2) is 11.1. The summed E-state index contributed by atoms with van der Waals surface area (Å²) >= 11 is 8.26. The smallest absolute Gasteiger partial charge is 0.266 e. The molecule has 0 spiro atoms. The third-order valence-corrected chi connectivity index (χ3v) is 9.23. The molecule has 4 aromatic rings. The van der Waals surface area contributed by atoms with Gasteiger partial charge in [-0.15, -0.1) is 11.3 Å². The Morgan fingerprint density at radius 3 is 2.54 bits per heavy atom. The molecule has 1 fully saturated rings. The van der Waals surface area contributed by atoms with Crippen molar-refractivity contribution in [2.75, 3.05) is 12.8 Å². The molecule has 0 atom stereocenters. The summed E-state index contributed by atoms with van der Waals surface area (Å²) in [5.41, 5.74) is 8.72. The highest BCUT2D eigenvalue weighted by atomic mass is 35.5. The molecule has 2 aromatic carbocycles. The maximum atomic E-state index is 14.2. The second-order valence-corrected chi connectivity index (χ2v) is 11.2. The monoisotopic (exact) mass is 533 g/mol. The molecule has 0 unspecified atom stereocenters. The van der Waals surface area contributed by atoms with Crippen LogP contribution in [-0.2, 0) is 6.54 Å². The molecule has 2 aromatic heterocycles. The first-order valence-corrected chi connectivity index (χ1v) is 14.0. The van der Waals surface area contributed by atoms with Crippen molar-refractivity contribution in [3.05, 3.63) is 76.3 Å². The molecular weight excluding hydrogens is 502 g/mol. The molecule has 1 aliphatic carbocycles. The lowest BCUT2D eigenvalue weighted by atomic mass is 9.83. The predicted molar refractivity (Wildman–Crippen MR) is 153 cm³/mol. The van der Waals surface area contributed by atoms with Gasteiger partial charge in [0.2, 0.25) is 0 Å². The quantitative estimate of drug-likeness (QED) is 0.263. The fourth-order valence-corrected chi connectivity index (χ4v) is 6.82. The molecule has 0 aliphatic heterocycles. The van der Waals surface area contributed by atoms with E-state index in [1.54, 1.807) is 19.4 Å². The molecule has 37 heavy (non-hydrogen) atoms. The Bertz CT molecular complexity index is 1390. The standard InChI is InChI=1S/C30H32ClN3O2S/c1-3-19-8-12-23(13-9-19)34(30(35)29-28(31)24-6-4-5-7-26(24)37-29)18-22-16-20(10-14-25(22)36-2)21-11-15-27(32)33-17-21/h4-7,10-11,14-17,19,23H,3,8-9,12-13,18H2,1-2H3,(H2,32,33). The summed E-state index contributed by atoms with van der Waals surface area (Å²) in [4.78, 5) is 21.1. The molecule has 7 heteroatoms. The minimum absolute atomic E-state index is 0.00671. The van der Waals surface area contributed by atoms with E-state index in [2.05, 4.69) is 18.0 Å². The average molecular weight is 534 g/mol. The van der Waals surface area contributed by atoms with Gasteiger partial charge in [-0.05, 0) is 67.5 Å². The van der Waals surface area contributed by atoms with Gasteiger partial charge in [-0.3, -0.25) is 4.79 Å². The zero-order valence-electron chi connectivity index (χ0n) is 21.2. The first kappa shape index (κ1) is 25.6. The molecule has 0 saturated heterocycles. The van der Waals surface area contributed by atoms with Crippen LogP contribution in [0.3, 0.4) is 0 Å². The summed E-state index contributed by atoms with van der Waals surface area (Å²) in [7, 11) is 1.67. The number of hydrogen-bond acceptors (Lipinski definition) is 5. The van der Waals surface area contributed by atoms with Gasteiger partial charge in [-0.1, -0.05) is 49.2 Å². The number of benzene rings is 2. The number of halogens is 1. The highest BCUT2D eigenvalue weighted by Crippen LogP contribution is 2.39. The van der Waals surface area contributed by atoms with Gasteiger partial charge in [0.1, 0.15) is 16.4 Å². The molecule has 1 amide bonds. The number of aromatic nitrogens is 1. The Hall–Kier alpha value is -3.09. The van der Waals surface area contributed by atoms with E-state index in [4.69, 9.17) is 22.1 Å². The topological polar surface area (TPSA) is 68.4 Å². The number of amides is 1. The van der Waals surface area contributed by atoms with E-state index in [0.29, 0.717) is 22.3 Å². The largest absolute Gasteiger partial charge is 0.496 e. The van der Waals surface area contributed by atoms with E-state index in [1.165, 1.54) is 17.8 Å². The van der Waals surface area contributed by atoms with Crippen LogP contribution in [0, 0.1) is 5.92 Å². The van der Waals surface area contributed by atoms with Gasteiger partial charge in [0.25, 0.3) is 5.91 Å². The van der Waals surface area contributed by atoms with Crippen LogP contribution in [0.2, 0.25) is 5.02 Å². The van der Waals surface area contributed by atoms with Crippen molar-refractivity contribution in [2.24, 2.45) is 5.92 Å². The van der Waals surface area contributed by atoms with Crippen LogP contribution in [0.5, 0.6) is 5.75 Å². The number of hydrogen-bond donors (Lipinski definition) is 1. The molecule has 0 bridgehead atoms. The fourth-order valence-electron chi connectivity index (χ4n) is 5.35. The zero-order valence-corrected chi connectivity index (χ0v) is 22.8. The van der Waals surface area contributed by atoms with E-state index in [-0.39, 0.29) is 11.9 Å². The Balaban J connectivity index is 1.52. The lowest BCUT2D eigenvalue weighted by molar-refractivity contribution is 0.0591. The van der Waals surface area contributed by atoms with E-state index >= 15 is 0 Å². The van der Waals surface area contributed by atoms with Crippen molar-refractivity contribution in [2.45, 2.75) is 51.6 Å². The lowest BCUT2D eigenvalue weighted by Gasteiger charge is -2.37. The van der Waals surface area contributed by atoms with Crippen LogP contribution in [0.25, 0.3) is 21.2 Å². The third kappa shape index (κ3) is 5.32. The fraction of sp³-hybridized carbons (Fsp3) is 0.333. The number of nitrogens with two attached hydrogens (primary N) is 1. The summed E-state index contributed by atoms with van der Waals surface area (Å²) in [5.74, 6) is 1.97. The summed E-state index contributed by atoms with van der Waals surface area (Å²) in [5, 5.41) is 1.48. The summed E-state index contributed by atoms with van der Waals surface area (Å²) in [6.07, 6.45) is 7.23. The molecule has 1 saturated carbocycles.